The van der Waals surface area contributed by atoms with Gasteiger partial charge in [-0.05, 0) is 47.2 Å². The Kier molecular flexibility index (Phi) is 7.32. The standard InChI is InChI=1S/C23H31N3O2/c1-18(27)26(21-8-6-20(7-9-21)23(2,3)4)17-13-22(28)25(5)16-12-19-10-14-24-15-11-19/h6-11,14-15H,12-13,16-17H2,1-5H3. The Morgan fingerprint density at radius 1 is 0.964 bits per heavy atom. The zero-order valence-electron chi connectivity index (χ0n) is 17.6. The predicted molar refractivity (Wildman–Crippen MR) is 113 cm³/mol. The predicted octanol–water partition coefficient (Wildman–Crippen LogP) is 3.82. The smallest absolute Gasteiger partial charge is 0.224 e. The third-order valence-electron chi connectivity index (χ3n) is 4.89. The van der Waals surface area contributed by atoms with Gasteiger partial charge in [-0.1, -0.05) is 32.9 Å². The highest BCUT2D eigenvalue weighted by molar-refractivity contribution is 5.92. The van der Waals surface area contributed by atoms with E-state index in [0.717, 1.165) is 17.7 Å². The molecule has 2 amide bonds. The van der Waals surface area contributed by atoms with Crippen LogP contribution in [0.5, 0.6) is 0 Å². The molecule has 28 heavy (non-hydrogen) atoms. The number of benzene rings is 1. The fourth-order valence-corrected chi connectivity index (χ4v) is 2.98. The van der Waals surface area contributed by atoms with Crippen molar-refractivity contribution in [3.05, 3.63) is 59.9 Å². The van der Waals surface area contributed by atoms with Crippen LogP contribution in [0.25, 0.3) is 0 Å². The van der Waals surface area contributed by atoms with Crippen LogP contribution in [0.1, 0.15) is 45.2 Å². The number of nitrogens with zero attached hydrogens (tertiary/aromatic N) is 3. The second-order valence-electron chi connectivity index (χ2n) is 8.14. The zero-order chi connectivity index (χ0) is 20.7. The summed E-state index contributed by atoms with van der Waals surface area (Å²) in [6.07, 6.45) is 4.60. The minimum Gasteiger partial charge on any atom is -0.345 e. The zero-order valence-corrected chi connectivity index (χ0v) is 17.6. The van der Waals surface area contributed by atoms with E-state index in [9.17, 15) is 9.59 Å². The van der Waals surface area contributed by atoms with Gasteiger partial charge >= 0.3 is 0 Å². The van der Waals surface area contributed by atoms with E-state index >= 15 is 0 Å². The van der Waals surface area contributed by atoms with Crippen LogP contribution >= 0.6 is 0 Å². The molecule has 0 unspecified atom stereocenters. The van der Waals surface area contributed by atoms with E-state index in [1.54, 1.807) is 29.2 Å². The number of likely N-dealkylation sites (N-methyl/N-ethyl adjacent to an activating group) is 1. The third-order valence-corrected chi connectivity index (χ3v) is 4.89. The largest absolute Gasteiger partial charge is 0.345 e. The maximum atomic E-state index is 12.5. The van der Waals surface area contributed by atoms with Gasteiger partial charge < -0.3 is 9.80 Å². The molecular weight excluding hydrogens is 350 g/mol. The van der Waals surface area contributed by atoms with Crippen LogP contribution in [-0.4, -0.2) is 41.8 Å². The fraction of sp³-hybridized carbons (Fsp3) is 0.435. The molecule has 0 saturated carbocycles. The van der Waals surface area contributed by atoms with Gasteiger partial charge in [-0.25, -0.2) is 0 Å². The van der Waals surface area contributed by atoms with Crippen molar-refractivity contribution in [2.75, 3.05) is 25.0 Å². The number of hydrogen-bond acceptors (Lipinski definition) is 3. The summed E-state index contributed by atoms with van der Waals surface area (Å²) in [6, 6.07) is 11.9. The lowest BCUT2D eigenvalue weighted by Crippen LogP contribution is -2.35. The van der Waals surface area contributed by atoms with Gasteiger partial charge in [-0.15, -0.1) is 0 Å². The SMILES string of the molecule is CC(=O)N(CCC(=O)N(C)CCc1ccncc1)c1ccc(C(C)(C)C)cc1. The molecule has 2 rings (SSSR count). The van der Waals surface area contributed by atoms with E-state index in [0.29, 0.717) is 19.5 Å². The Balaban J connectivity index is 1.93. The van der Waals surface area contributed by atoms with E-state index in [1.165, 1.54) is 12.5 Å². The lowest BCUT2D eigenvalue weighted by atomic mass is 9.87. The normalized spacial score (nSPS) is 11.2. The lowest BCUT2D eigenvalue weighted by molar-refractivity contribution is -0.129. The first-order valence-corrected chi connectivity index (χ1v) is 9.70. The minimum absolute atomic E-state index is 0.0339. The summed E-state index contributed by atoms with van der Waals surface area (Å²) in [6.45, 7) is 9.03. The molecule has 0 N–H and O–H groups in total. The second kappa shape index (κ2) is 9.49. The van der Waals surface area contributed by atoms with Gasteiger partial charge in [0.15, 0.2) is 0 Å². The molecule has 0 bridgehead atoms. The van der Waals surface area contributed by atoms with E-state index in [-0.39, 0.29) is 17.2 Å². The maximum absolute atomic E-state index is 12.5. The number of carbonyl (C=O) groups is 2. The molecule has 0 spiro atoms. The van der Waals surface area contributed by atoms with Gasteiger partial charge in [-0.3, -0.25) is 14.6 Å². The Hall–Kier alpha value is -2.69. The van der Waals surface area contributed by atoms with Gasteiger partial charge in [-0.2, -0.15) is 0 Å². The fourth-order valence-electron chi connectivity index (χ4n) is 2.98. The van der Waals surface area contributed by atoms with E-state index in [4.69, 9.17) is 0 Å². The molecule has 0 saturated heterocycles. The molecule has 5 heteroatoms. The quantitative estimate of drug-likeness (QED) is 0.733. The summed E-state index contributed by atoms with van der Waals surface area (Å²) in [4.78, 5) is 32.0. The highest BCUT2D eigenvalue weighted by Crippen LogP contribution is 2.25. The number of carbonyl (C=O) groups excluding carboxylic acids is 2. The molecule has 5 nitrogen and oxygen atoms in total. The molecule has 0 fully saturated rings. The summed E-state index contributed by atoms with van der Waals surface area (Å²) >= 11 is 0. The van der Waals surface area contributed by atoms with Gasteiger partial charge in [0.25, 0.3) is 0 Å². The maximum Gasteiger partial charge on any atom is 0.224 e. The van der Waals surface area contributed by atoms with Crippen LogP contribution in [0.4, 0.5) is 5.69 Å². The molecule has 1 heterocycles. The summed E-state index contributed by atoms with van der Waals surface area (Å²) in [7, 11) is 1.81. The van der Waals surface area contributed by atoms with Crippen LogP contribution in [0, 0.1) is 0 Å². The summed E-state index contributed by atoms with van der Waals surface area (Å²) < 4.78 is 0. The molecule has 0 atom stereocenters. The Labute approximate surface area is 168 Å². The van der Waals surface area contributed by atoms with Crippen molar-refractivity contribution >= 4 is 17.5 Å². The van der Waals surface area contributed by atoms with Crippen molar-refractivity contribution in [3.63, 3.8) is 0 Å². The highest BCUT2D eigenvalue weighted by Gasteiger charge is 2.17. The summed E-state index contributed by atoms with van der Waals surface area (Å²) in [5.74, 6) is -0.0256. The molecular formula is C23H31N3O2. The average molecular weight is 382 g/mol. The molecule has 1 aromatic heterocycles. The number of aromatic nitrogens is 1. The van der Waals surface area contributed by atoms with Crippen molar-refractivity contribution in [2.24, 2.45) is 0 Å². The molecule has 1 aromatic carbocycles. The monoisotopic (exact) mass is 381 g/mol. The van der Waals surface area contributed by atoms with Crippen LogP contribution in [0.15, 0.2) is 48.8 Å². The van der Waals surface area contributed by atoms with Crippen LogP contribution in [0.3, 0.4) is 0 Å². The number of hydrogen-bond donors (Lipinski definition) is 0. The molecule has 0 radical (unpaired) electrons. The molecule has 2 aromatic rings. The van der Waals surface area contributed by atoms with Crippen molar-refractivity contribution in [1.82, 2.24) is 9.88 Å². The van der Waals surface area contributed by atoms with Crippen molar-refractivity contribution in [3.8, 4) is 0 Å². The Morgan fingerprint density at radius 2 is 1.57 bits per heavy atom. The first kappa shape index (κ1) is 21.6. The molecule has 0 aliphatic rings. The summed E-state index contributed by atoms with van der Waals surface area (Å²) in [5.41, 5.74) is 3.26. The van der Waals surface area contributed by atoms with E-state index in [1.807, 2.05) is 36.4 Å². The van der Waals surface area contributed by atoms with Crippen LogP contribution < -0.4 is 4.90 Å². The van der Waals surface area contributed by atoms with Gasteiger partial charge in [0.05, 0.1) is 0 Å². The molecule has 0 aliphatic carbocycles. The van der Waals surface area contributed by atoms with Gasteiger partial charge in [0.1, 0.15) is 0 Å². The topological polar surface area (TPSA) is 53.5 Å². The van der Waals surface area contributed by atoms with Crippen LogP contribution in [0.2, 0.25) is 0 Å². The lowest BCUT2D eigenvalue weighted by Gasteiger charge is -2.25. The molecule has 150 valence electrons. The van der Waals surface area contributed by atoms with Crippen molar-refractivity contribution in [2.45, 2.75) is 46.0 Å². The van der Waals surface area contributed by atoms with E-state index < -0.39 is 0 Å². The highest BCUT2D eigenvalue weighted by atomic mass is 16.2. The van der Waals surface area contributed by atoms with Crippen molar-refractivity contribution < 1.29 is 9.59 Å². The van der Waals surface area contributed by atoms with Gasteiger partial charge in [0, 0.05) is 51.6 Å². The number of rotatable bonds is 7. The van der Waals surface area contributed by atoms with Gasteiger partial charge in [0.2, 0.25) is 11.8 Å². The number of pyridine rings is 1. The minimum atomic E-state index is -0.0595. The Bertz CT molecular complexity index is 780. The summed E-state index contributed by atoms with van der Waals surface area (Å²) in [5, 5.41) is 0. The van der Waals surface area contributed by atoms with Crippen molar-refractivity contribution in [1.29, 1.82) is 0 Å². The third kappa shape index (κ3) is 6.19. The first-order valence-electron chi connectivity index (χ1n) is 9.70. The number of anilines is 1. The average Bonchev–Trinajstić information content (AvgIpc) is 2.66. The Morgan fingerprint density at radius 3 is 2.11 bits per heavy atom. The second-order valence-corrected chi connectivity index (χ2v) is 8.14. The molecule has 0 aliphatic heterocycles. The first-order chi connectivity index (χ1) is 13.2. The van der Waals surface area contributed by atoms with Crippen LogP contribution in [-0.2, 0) is 21.4 Å². The van der Waals surface area contributed by atoms with E-state index in [2.05, 4.69) is 25.8 Å². The number of amides is 2.